The number of hydrogen-bond acceptors (Lipinski definition) is 4. The first-order valence-electron chi connectivity index (χ1n) is 6.08. The van der Waals surface area contributed by atoms with Crippen LogP contribution in [-0.2, 0) is 6.42 Å². The number of hydrogen-bond donors (Lipinski definition) is 1. The van der Waals surface area contributed by atoms with Crippen LogP contribution in [-0.4, -0.2) is 21.9 Å². The second kappa shape index (κ2) is 6.08. The van der Waals surface area contributed by atoms with E-state index in [9.17, 15) is 20.0 Å². The van der Waals surface area contributed by atoms with Crippen LogP contribution in [0.1, 0.15) is 15.9 Å². The molecule has 0 radical (unpaired) electrons. The lowest BCUT2D eigenvalue weighted by Gasteiger charge is -2.09. The van der Waals surface area contributed by atoms with Crippen LogP contribution in [0.4, 0.5) is 5.69 Å². The van der Waals surface area contributed by atoms with Crippen molar-refractivity contribution in [3.8, 4) is 0 Å². The van der Waals surface area contributed by atoms with Gasteiger partial charge in [0.1, 0.15) is 6.10 Å². The van der Waals surface area contributed by atoms with Gasteiger partial charge in [0.15, 0.2) is 5.78 Å². The van der Waals surface area contributed by atoms with E-state index in [0.717, 1.165) is 5.56 Å². The van der Waals surface area contributed by atoms with Crippen LogP contribution in [0.2, 0.25) is 0 Å². The number of rotatable bonds is 5. The summed E-state index contributed by atoms with van der Waals surface area (Å²) in [5.41, 5.74) is 1.04. The second-order valence-electron chi connectivity index (χ2n) is 4.37. The molecule has 5 nitrogen and oxygen atoms in total. The largest absolute Gasteiger partial charge is 0.385 e. The van der Waals surface area contributed by atoms with Crippen molar-refractivity contribution in [1.82, 2.24) is 0 Å². The fourth-order valence-electron chi connectivity index (χ4n) is 1.87. The van der Waals surface area contributed by atoms with E-state index >= 15 is 0 Å². The summed E-state index contributed by atoms with van der Waals surface area (Å²) in [6.07, 6.45) is -0.935. The Hall–Kier alpha value is -2.53. The highest BCUT2D eigenvalue weighted by atomic mass is 16.6. The summed E-state index contributed by atoms with van der Waals surface area (Å²) in [7, 11) is 0. The van der Waals surface area contributed by atoms with Gasteiger partial charge in [-0.15, -0.1) is 0 Å². The first-order valence-corrected chi connectivity index (χ1v) is 6.08. The topological polar surface area (TPSA) is 80.4 Å². The Morgan fingerprint density at radius 1 is 1.10 bits per heavy atom. The van der Waals surface area contributed by atoms with E-state index in [1.165, 1.54) is 24.3 Å². The molecule has 1 unspecified atom stereocenters. The van der Waals surface area contributed by atoms with Gasteiger partial charge < -0.3 is 5.11 Å². The third-order valence-electron chi connectivity index (χ3n) is 2.94. The molecule has 0 aliphatic heterocycles. The third-order valence-corrected chi connectivity index (χ3v) is 2.94. The van der Waals surface area contributed by atoms with Gasteiger partial charge in [-0.25, -0.2) is 0 Å². The number of carbonyl (C=O) groups is 1. The van der Waals surface area contributed by atoms with Crippen molar-refractivity contribution in [3.05, 3.63) is 75.8 Å². The van der Waals surface area contributed by atoms with E-state index in [-0.39, 0.29) is 17.7 Å². The molecule has 0 saturated carbocycles. The Labute approximate surface area is 115 Å². The lowest BCUT2D eigenvalue weighted by molar-refractivity contribution is -0.384. The molecule has 2 aromatic rings. The highest BCUT2D eigenvalue weighted by Gasteiger charge is 2.18. The predicted octanol–water partition coefficient (Wildman–Crippen LogP) is 2.38. The molecule has 102 valence electrons. The average molecular weight is 271 g/mol. The van der Waals surface area contributed by atoms with E-state index in [2.05, 4.69) is 0 Å². The summed E-state index contributed by atoms with van der Waals surface area (Å²) in [6.45, 7) is 0. The summed E-state index contributed by atoms with van der Waals surface area (Å²) < 4.78 is 0. The Bertz CT molecular complexity index is 608. The number of aliphatic hydroxyl groups excluding tert-OH is 1. The molecule has 5 heteroatoms. The van der Waals surface area contributed by atoms with Crippen LogP contribution in [0.3, 0.4) is 0 Å². The van der Waals surface area contributed by atoms with Crippen molar-refractivity contribution in [2.24, 2.45) is 0 Å². The summed E-state index contributed by atoms with van der Waals surface area (Å²) in [5.74, 6) is -0.441. The van der Waals surface area contributed by atoms with E-state index < -0.39 is 16.8 Å². The zero-order valence-electron chi connectivity index (χ0n) is 10.6. The minimum atomic E-state index is -1.15. The van der Waals surface area contributed by atoms with Gasteiger partial charge in [-0.2, -0.15) is 0 Å². The zero-order chi connectivity index (χ0) is 14.5. The fraction of sp³-hybridized carbons (Fsp3) is 0.133. The average Bonchev–Trinajstić information content (AvgIpc) is 2.47. The molecule has 20 heavy (non-hydrogen) atoms. The van der Waals surface area contributed by atoms with Crippen LogP contribution in [0.15, 0.2) is 54.6 Å². The summed E-state index contributed by atoms with van der Waals surface area (Å²) in [4.78, 5) is 22.0. The Morgan fingerprint density at radius 2 is 1.70 bits per heavy atom. The van der Waals surface area contributed by atoms with Gasteiger partial charge in [0.05, 0.1) is 4.92 Å². The molecule has 0 fully saturated rings. The molecular weight excluding hydrogens is 258 g/mol. The van der Waals surface area contributed by atoms with Crippen LogP contribution in [0.5, 0.6) is 0 Å². The van der Waals surface area contributed by atoms with E-state index in [0.29, 0.717) is 0 Å². The molecule has 0 aliphatic rings. The first kappa shape index (κ1) is 13.9. The first-order chi connectivity index (χ1) is 9.58. The van der Waals surface area contributed by atoms with Crippen LogP contribution < -0.4 is 0 Å². The smallest absolute Gasteiger partial charge is 0.269 e. The molecule has 1 N–H and O–H groups in total. The Morgan fingerprint density at radius 3 is 2.25 bits per heavy atom. The molecule has 1 atom stereocenters. The number of Topliss-reactive ketones (excluding diaryl/α,β-unsaturated/α-hetero) is 1. The van der Waals surface area contributed by atoms with E-state index in [1.807, 2.05) is 30.3 Å². The monoisotopic (exact) mass is 271 g/mol. The number of carbonyl (C=O) groups excluding carboxylic acids is 1. The number of benzene rings is 2. The molecule has 0 aromatic heterocycles. The fourth-order valence-corrected chi connectivity index (χ4v) is 1.87. The van der Waals surface area contributed by atoms with Crippen LogP contribution in [0.25, 0.3) is 0 Å². The third kappa shape index (κ3) is 3.27. The van der Waals surface area contributed by atoms with Gasteiger partial charge in [0.25, 0.3) is 5.69 Å². The van der Waals surface area contributed by atoms with Crippen LogP contribution in [0, 0.1) is 10.1 Å². The quantitative estimate of drug-likeness (QED) is 0.514. The number of nitrogens with zero attached hydrogens (tertiary/aromatic N) is 1. The maximum Gasteiger partial charge on any atom is 0.269 e. The van der Waals surface area contributed by atoms with Gasteiger partial charge in [0.2, 0.25) is 0 Å². The highest BCUT2D eigenvalue weighted by Crippen LogP contribution is 2.14. The molecule has 2 rings (SSSR count). The standard InChI is InChI=1S/C15H13NO4/c17-14(10-11-4-2-1-3-5-11)15(18)12-6-8-13(9-7-12)16(19)20/h1-9,14,17H,10H2. The van der Waals surface area contributed by atoms with E-state index in [1.54, 1.807) is 0 Å². The molecule has 0 aliphatic carbocycles. The summed E-state index contributed by atoms with van der Waals surface area (Å²) in [6, 6.07) is 14.4. The van der Waals surface area contributed by atoms with Crippen molar-refractivity contribution < 1.29 is 14.8 Å². The zero-order valence-corrected chi connectivity index (χ0v) is 10.6. The molecule has 0 amide bonds. The lowest BCUT2D eigenvalue weighted by Crippen LogP contribution is -2.23. The second-order valence-corrected chi connectivity index (χ2v) is 4.37. The summed E-state index contributed by atoms with van der Waals surface area (Å²) >= 11 is 0. The normalized spacial score (nSPS) is 11.8. The van der Waals surface area contributed by atoms with E-state index in [4.69, 9.17) is 0 Å². The molecule has 0 spiro atoms. The van der Waals surface area contributed by atoms with Crippen molar-refractivity contribution in [2.75, 3.05) is 0 Å². The highest BCUT2D eigenvalue weighted by molar-refractivity contribution is 5.99. The van der Waals surface area contributed by atoms with Gasteiger partial charge in [0, 0.05) is 24.1 Å². The van der Waals surface area contributed by atoms with Crippen molar-refractivity contribution in [2.45, 2.75) is 12.5 Å². The minimum absolute atomic E-state index is 0.0842. The Kier molecular flexibility index (Phi) is 4.22. The van der Waals surface area contributed by atoms with Crippen molar-refractivity contribution >= 4 is 11.5 Å². The number of aliphatic hydroxyl groups is 1. The molecule has 2 aromatic carbocycles. The minimum Gasteiger partial charge on any atom is -0.385 e. The molecule has 0 bridgehead atoms. The molecule has 0 heterocycles. The number of nitro groups is 1. The van der Waals surface area contributed by atoms with Crippen molar-refractivity contribution in [3.63, 3.8) is 0 Å². The number of non-ortho nitro benzene ring substituents is 1. The SMILES string of the molecule is O=C(c1ccc([N+](=O)[O-])cc1)C(O)Cc1ccccc1. The van der Waals surface area contributed by atoms with Gasteiger partial charge >= 0.3 is 0 Å². The Balaban J connectivity index is 2.08. The van der Waals surface area contributed by atoms with Gasteiger partial charge in [-0.3, -0.25) is 14.9 Å². The lowest BCUT2D eigenvalue weighted by atomic mass is 10.00. The summed E-state index contributed by atoms with van der Waals surface area (Å²) in [5, 5.41) is 20.4. The maximum absolute atomic E-state index is 12.0. The van der Waals surface area contributed by atoms with Gasteiger partial charge in [-0.05, 0) is 17.7 Å². The number of ketones is 1. The maximum atomic E-state index is 12.0. The van der Waals surface area contributed by atoms with Crippen LogP contribution >= 0.6 is 0 Å². The van der Waals surface area contributed by atoms with Crippen molar-refractivity contribution in [1.29, 1.82) is 0 Å². The predicted molar refractivity (Wildman–Crippen MR) is 73.6 cm³/mol. The molecular formula is C15H13NO4. The molecule has 0 saturated heterocycles. The number of nitro benzene ring substituents is 1. The van der Waals surface area contributed by atoms with Gasteiger partial charge in [-0.1, -0.05) is 30.3 Å².